The highest BCUT2D eigenvalue weighted by molar-refractivity contribution is 7.18. The van der Waals surface area contributed by atoms with Crippen molar-refractivity contribution < 1.29 is 0 Å². The summed E-state index contributed by atoms with van der Waals surface area (Å²) in [6.45, 7) is 0. The quantitative estimate of drug-likeness (QED) is 0.446. The molecule has 0 radical (unpaired) electrons. The van der Waals surface area contributed by atoms with Gasteiger partial charge in [0.25, 0.3) is 0 Å². The van der Waals surface area contributed by atoms with Crippen molar-refractivity contribution in [3.63, 3.8) is 0 Å². The van der Waals surface area contributed by atoms with Gasteiger partial charge in [0, 0.05) is 5.92 Å². The molecule has 118 valence electrons. The molecule has 0 amide bonds. The molecule has 0 fully saturated rings. The van der Waals surface area contributed by atoms with Crippen LogP contribution in [0, 0.1) is 0 Å². The number of thiazole rings is 1. The largest absolute Gasteiger partial charge is 0.241 e. The van der Waals surface area contributed by atoms with Crippen LogP contribution in [-0.4, -0.2) is 4.98 Å². The Morgan fingerprint density at radius 1 is 0.667 bits per heavy atom. The van der Waals surface area contributed by atoms with Gasteiger partial charge in [-0.15, -0.1) is 11.3 Å². The number of para-hydroxylation sites is 1. The van der Waals surface area contributed by atoms with Gasteiger partial charge in [0.1, 0.15) is 0 Å². The van der Waals surface area contributed by atoms with Gasteiger partial charge in [-0.05, 0) is 36.1 Å². The first-order chi connectivity index (χ1) is 11.9. The lowest BCUT2D eigenvalue weighted by Crippen LogP contribution is -2.06. The summed E-state index contributed by atoms with van der Waals surface area (Å²) in [5.41, 5.74) is 3.86. The van der Waals surface area contributed by atoms with Crippen molar-refractivity contribution in [2.45, 2.75) is 18.8 Å². The topological polar surface area (TPSA) is 12.9 Å². The van der Waals surface area contributed by atoms with Crippen molar-refractivity contribution in [3.8, 4) is 0 Å². The van der Waals surface area contributed by atoms with E-state index in [4.69, 9.17) is 4.98 Å². The maximum Gasteiger partial charge on any atom is 0.0976 e. The van der Waals surface area contributed by atoms with Crippen LogP contribution in [0.3, 0.4) is 0 Å². The highest BCUT2D eigenvalue weighted by Gasteiger charge is 2.17. The minimum atomic E-state index is 0.409. The summed E-state index contributed by atoms with van der Waals surface area (Å²) < 4.78 is 1.28. The van der Waals surface area contributed by atoms with E-state index in [0.29, 0.717) is 5.92 Å². The predicted molar refractivity (Wildman–Crippen MR) is 103 cm³/mol. The molecule has 0 spiro atoms. The maximum atomic E-state index is 4.92. The molecule has 0 aliphatic rings. The van der Waals surface area contributed by atoms with Gasteiger partial charge in [-0.25, -0.2) is 4.98 Å². The summed E-state index contributed by atoms with van der Waals surface area (Å²) in [5.74, 6) is 0.409. The average molecular weight is 329 g/mol. The lowest BCUT2D eigenvalue weighted by Gasteiger charge is -2.15. The van der Waals surface area contributed by atoms with Crippen LogP contribution in [-0.2, 0) is 12.8 Å². The van der Waals surface area contributed by atoms with Crippen LogP contribution in [0.2, 0.25) is 0 Å². The summed E-state index contributed by atoms with van der Waals surface area (Å²) in [5, 5.41) is 1.24. The van der Waals surface area contributed by atoms with Crippen LogP contribution in [0.4, 0.5) is 0 Å². The van der Waals surface area contributed by atoms with Crippen LogP contribution < -0.4 is 0 Å². The van der Waals surface area contributed by atoms with Crippen molar-refractivity contribution in [3.05, 3.63) is 101 Å². The third kappa shape index (κ3) is 3.39. The molecular weight excluding hydrogens is 310 g/mol. The number of fused-ring (bicyclic) bond motifs is 1. The molecule has 0 aliphatic heterocycles. The normalized spacial score (nSPS) is 11.2. The number of nitrogens with zero attached hydrogens (tertiary/aromatic N) is 1. The Hall–Kier alpha value is -2.45. The molecule has 0 atom stereocenters. The number of aromatic nitrogens is 1. The number of hydrogen-bond acceptors (Lipinski definition) is 2. The van der Waals surface area contributed by atoms with E-state index >= 15 is 0 Å². The second kappa shape index (κ2) is 6.98. The SMILES string of the molecule is c1ccc(CC(Cc2ccccc2)c2nc3ccccc3s2)cc1. The fourth-order valence-electron chi connectivity index (χ4n) is 3.11. The van der Waals surface area contributed by atoms with Gasteiger partial charge in [-0.3, -0.25) is 0 Å². The van der Waals surface area contributed by atoms with E-state index in [2.05, 4.69) is 84.9 Å². The van der Waals surface area contributed by atoms with E-state index in [0.717, 1.165) is 18.4 Å². The second-order valence-corrected chi connectivity index (χ2v) is 7.16. The van der Waals surface area contributed by atoms with E-state index < -0.39 is 0 Å². The molecule has 4 rings (SSSR count). The maximum absolute atomic E-state index is 4.92. The molecule has 1 aromatic heterocycles. The summed E-state index contributed by atoms with van der Waals surface area (Å²) in [6.07, 6.45) is 2.05. The minimum absolute atomic E-state index is 0.409. The highest BCUT2D eigenvalue weighted by atomic mass is 32.1. The number of benzene rings is 3. The van der Waals surface area contributed by atoms with E-state index in [1.54, 1.807) is 0 Å². The second-order valence-electron chi connectivity index (χ2n) is 6.10. The summed E-state index contributed by atoms with van der Waals surface area (Å²) in [6, 6.07) is 29.9. The van der Waals surface area contributed by atoms with Crippen LogP contribution >= 0.6 is 11.3 Å². The fraction of sp³-hybridized carbons (Fsp3) is 0.136. The molecule has 0 saturated heterocycles. The van der Waals surface area contributed by atoms with E-state index in [9.17, 15) is 0 Å². The lowest BCUT2D eigenvalue weighted by molar-refractivity contribution is 0.676. The third-order valence-electron chi connectivity index (χ3n) is 4.31. The first-order valence-electron chi connectivity index (χ1n) is 8.32. The van der Waals surface area contributed by atoms with E-state index in [1.807, 2.05) is 11.3 Å². The van der Waals surface area contributed by atoms with Gasteiger partial charge in [0.2, 0.25) is 0 Å². The number of rotatable bonds is 5. The van der Waals surface area contributed by atoms with Gasteiger partial charge >= 0.3 is 0 Å². The standard InChI is InChI=1S/C22H19NS/c1-3-9-17(10-4-1)15-19(16-18-11-5-2-6-12-18)22-23-20-13-7-8-14-21(20)24-22/h1-14,19H,15-16H2. The Balaban J connectivity index is 1.68. The zero-order valence-electron chi connectivity index (χ0n) is 13.4. The Morgan fingerprint density at radius 2 is 1.21 bits per heavy atom. The summed E-state index contributed by atoms with van der Waals surface area (Å²) in [7, 11) is 0. The Labute approximate surface area is 146 Å². The summed E-state index contributed by atoms with van der Waals surface area (Å²) in [4.78, 5) is 4.92. The Bertz CT molecular complexity index is 838. The molecular formula is C22H19NS. The van der Waals surface area contributed by atoms with Crippen molar-refractivity contribution in [2.75, 3.05) is 0 Å². The van der Waals surface area contributed by atoms with Crippen LogP contribution in [0.1, 0.15) is 22.1 Å². The van der Waals surface area contributed by atoms with E-state index in [-0.39, 0.29) is 0 Å². The van der Waals surface area contributed by atoms with Gasteiger partial charge in [-0.2, -0.15) is 0 Å². The minimum Gasteiger partial charge on any atom is -0.241 e. The highest BCUT2D eigenvalue weighted by Crippen LogP contribution is 2.32. The zero-order chi connectivity index (χ0) is 16.2. The lowest BCUT2D eigenvalue weighted by atomic mass is 9.93. The smallest absolute Gasteiger partial charge is 0.0976 e. The summed E-state index contributed by atoms with van der Waals surface area (Å²) >= 11 is 1.83. The number of hydrogen-bond donors (Lipinski definition) is 0. The molecule has 0 unspecified atom stereocenters. The Morgan fingerprint density at radius 3 is 1.79 bits per heavy atom. The third-order valence-corrected chi connectivity index (χ3v) is 5.51. The molecule has 0 saturated carbocycles. The first-order valence-corrected chi connectivity index (χ1v) is 9.13. The molecule has 1 heterocycles. The van der Waals surface area contributed by atoms with Crippen LogP contribution in [0.15, 0.2) is 84.9 Å². The van der Waals surface area contributed by atoms with Crippen molar-refractivity contribution in [2.24, 2.45) is 0 Å². The van der Waals surface area contributed by atoms with Crippen LogP contribution in [0.25, 0.3) is 10.2 Å². The fourth-order valence-corrected chi connectivity index (χ4v) is 4.18. The van der Waals surface area contributed by atoms with Crippen LogP contribution in [0.5, 0.6) is 0 Å². The molecule has 1 nitrogen and oxygen atoms in total. The zero-order valence-corrected chi connectivity index (χ0v) is 14.2. The van der Waals surface area contributed by atoms with E-state index in [1.165, 1.54) is 20.8 Å². The van der Waals surface area contributed by atoms with Crippen molar-refractivity contribution >= 4 is 21.6 Å². The molecule has 3 aromatic carbocycles. The Kier molecular flexibility index (Phi) is 4.39. The first kappa shape index (κ1) is 15.1. The van der Waals surface area contributed by atoms with Gasteiger partial charge in [0.05, 0.1) is 15.2 Å². The molecule has 0 aliphatic carbocycles. The molecule has 0 N–H and O–H groups in total. The predicted octanol–water partition coefficient (Wildman–Crippen LogP) is 5.87. The van der Waals surface area contributed by atoms with Gasteiger partial charge in [-0.1, -0.05) is 72.8 Å². The molecule has 2 heteroatoms. The van der Waals surface area contributed by atoms with Crippen molar-refractivity contribution in [1.82, 2.24) is 4.98 Å². The van der Waals surface area contributed by atoms with Gasteiger partial charge < -0.3 is 0 Å². The average Bonchev–Trinajstić information content (AvgIpc) is 3.07. The molecule has 0 bridgehead atoms. The van der Waals surface area contributed by atoms with Gasteiger partial charge in [0.15, 0.2) is 0 Å². The monoisotopic (exact) mass is 329 g/mol. The van der Waals surface area contributed by atoms with Crippen molar-refractivity contribution in [1.29, 1.82) is 0 Å². The molecule has 24 heavy (non-hydrogen) atoms. The molecule has 4 aromatic rings.